The molecule has 310 valence electrons. The molecule has 7 rings (SSSR count). The number of allylic oxidation sites excluding steroid dienone is 2. The Balaban J connectivity index is 1.39. The summed E-state index contributed by atoms with van der Waals surface area (Å²) in [7, 11) is 3.65. The first-order valence-corrected chi connectivity index (χ1v) is 19.7. The van der Waals surface area contributed by atoms with E-state index in [2.05, 4.69) is 20.2 Å². The van der Waals surface area contributed by atoms with Crippen molar-refractivity contribution >= 4 is 39.8 Å². The van der Waals surface area contributed by atoms with E-state index in [1.54, 1.807) is 57.4 Å². The molecule has 2 N–H and O–H groups in total. The SMILES string of the molecule is CCn1nc(C)cc1C(=O)N=c1n(C)c2ccccc2n1C/C(C)=C(\C)Cn1c(=NC(=O)c2cc(C)nn2CC)n(C)c2cc(C(N)=O)cc(OCc3ccc(F)cc3)c21. The Morgan fingerprint density at radius 2 is 1.23 bits per heavy atom. The van der Waals surface area contributed by atoms with Crippen LogP contribution in [0.1, 0.15) is 76.0 Å². The van der Waals surface area contributed by atoms with Crippen LogP contribution in [0.25, 0.3) is 22.1 Å². The quantitative estimate of drug-likeness (QED) is 0.156. The van der Waals surface area contributed by atoms with Crippen LogP contribution >= 0.6 is 0 Å². The first-order valence-electron chi connectivity index (χ1n) is 19.7. The van der Waals surface area contributed by atoms with Crippen molar-refractivity contribution < 1.29 is 23.5 Å². The summed E-state index contributed by atoms with van der Waals surface area (Å²) in [4.78, 5) is 49.7. The van der Waals surface area contributed by atoms with E-state index in [4.69, 9.17) is 10.5 Å². The molecule has 0 spiro atoms. The van der Waals surface area contributed by atoms with Gasteiger partial charge in [0, 0.05) is 45.8 Å². The number of benzene rings is 3. The van der Waals surface area contributed by atoms with E-state index in [-0.39, 0.29) is 24.5 Å². The van der Waals surface area contributed by atoms with Crippen LogP contribution in [0, 0.1) is 19.7 Å². The van der Waals surface area contributed by atoms with Gasteiger partial charge in [0.05, 0.1) is 27.9 Å². The van der Waals surface area contributed by atoms with Crippen molar-refractivity contribution in [3.8, 4) is 5.75 Å². The van der Waals surface area contributed by atoms with Crippen LogP contribution in [0.4, 0.5) is 4.39 Å². The number of ether oxygens (including phenoxy) is 1. The van der Waals surface area contributed by atoms with Crippen molar-refractivity contribution in [2.45, 2.75) is 74.3 Å². The maximum absolute atomic E-state index is 14.0. The molecule has 4 aromatic heterocycles. The molecular formula is C44H48FN11O4. The second-order valence-electron chi connectivity index (χ2n) is 14.9. The molecule has 0 aliphatic heterocycles. The highest BCUT2D eigenvalue weighted by atomic mass is 19.1. The van der Waals surface area contributed by atoms with Crippen molar-refractivity contribution in [1.82, 2.24) is 37.8 Å². The molecule has 7 aromatic rings. The number of nitrogens with two attached hydrogens (primary N) is 1. The first kappa shape index (κ1) is 41.1. The molecule has 0 fully saturated rings. The monoisotopic (exact) mass is 813 g/mol. The molecule has 0 radical (unpaired) electrons. The highest BCUT2D eigenvalue weighted by Crippen LogP contribution is 2.29. The number of aromatic nitrogens is 8. The van der Waals surface area contributed by atoms with E-state index in [1.165, 1.54) is 12.1 Å². The Hall–Kier alpha value is -7.10. The van der Waals surface area contributed by atoms with Crippen LogP contribution < -0.4 is 21.7 Å². The minimum atomic E-state index is -0.666. The van der Waals surface area contributed by atoms with E-state index in [0.717, 1.165) is 27.9 Å². The van der Waals surface area contributed by atoms with Gasteiger partial charge in [-0.1, -0.05) is 35.4 Å². The molecule has 0 saturated heterocycles. The molecule has 15 nitrogen and oxygen atoms in total. The molecule has 60 heavy (non-hydrogen) atoms. The number of imidazole rings is 2. The Morgan fingerprint density at radius 1 is 0.717 bits per heavy atom. The minimum absolute atomic E-state index is 0.0576. The fourth-order valence-electron chi connectivity index (χ4n) is 7.41. The summed E-state index contributed by atoms with van der Waals surface area (Å²) in [5, 5.41) is 8.90. The number of hydrogen-bond donors (Lipinski definition) is 1. The van der Waals surface area contributed by atoms with Crippen molar-refractivity contribution in [3.05, 3.63) is 135 Å². The summed E-state index contributed by atoms with van der Waals surface area (Å²) < 4.78 is 31.0. The second kappa shape index (κ2) is 16.6. The summed E-state index contributed by atoms with van der Waals surface area (Å²) in [5.74, 6) is -1.62. The average Bonchev–Trinajstić information content (AvgIpc) is 3.95. The van der Waals surface area contributed by atoms with E-state index >= 15 is 0 Å². The van der Waals surface area contributed by atoms with Gasteiger partial charge in [0.25, 0.3) is 11.8 Å². The summed E-state index contributed by atoms with van der Waals surface area (Å²) in [6, 6.07) is 20.5. The molecular weight excluding hydrogens is 766 g/mol. The number of halogens is 1. The van der Waals surface area contributed by atoms with Crippen molar-refractivity contribution in [3.63, 3.8) is 0 Å². The van der Waals surface area contributed by atoms with Crippen LogP contribution in [0.2, 0.25) is 0 Å². The molecule has 3 amide bonds. The maximum Gasteiger partial charge on any atom is 0.298 e. The topological polar surface area (TPSA) is 167 Å². The number of carbonyl (C=O) groups is 3. The third-order valence-electron chi connectivity index (χ3n) is 10.7. The van der Waals surface area contributed by atoms with Gasteiger partial charge in [-0.15, -0.1) is 0 Å². The van der Waals surface area contributed by atoms with Gasteiger partial charge in [-0.3, -0.25) is 23.7 Å². The molecule has 0 bridgehead atoms. The molecule has 0 atom stereocenters. The van der Waals surface area contributed by atoms with Crippen molar-refractivity contribution in [1.29, 1.82) is 0 Å². The average molecular weight is 814 g/mol. The van der Waals surface area contributed by atoms with Crippen LogP contribution in [-0.2, 0) is 46.9 Å². The highest BCUT2D eigenvalue weighted by Gasteiger charge is 2.22. The predicted octanol–water partition coefficient (Wildman–Crippen LogP) is 5.66. The molecule has 16 heteroatoms. The van der Waals surface area contributed by atoms with Gasteiger partial charge in [0.1, 0.15) is 35.1 Å². The maximum atomic E-state index is 14.0. The number of para-hydroxylation sites is 2. The third-order valence-corrected chi connectivity index (χ3v) is 10.7. The molecule has 0 aliphatic carbocycles. The summed E-state index contributed by atoms with van der Waals surface area (Å²) in [6.45, 7) is 13.2. The van der Waals surface area contributed by atoms with Gasteiger partial charge in [0.15, 0.2) is 0 Å². The second-order valence-corrected chi connectivity index (χ2v) is 14.9. The zero-order chi connectivity index (χ0) is 43.0. The number of fused-ring (bicyclic) bond motifs is 2. The van der Waals surface area contributed by atoms with E-state index in [9.17, 15) is 18.8 Å². The number of nitrogens with zero attached hydrogens (tertiary/aromatic N) is 10. The van der Waals surface area contributed by atoms with Crippen molar-refractivity contribution in [2.75, 3.05) is 0 Å². The standard InChI is InChI=1S/C44H48FN11O4/c1-9-55-36(19-28(5)49-55)41(58)47-43-51(7)33-13-11-12-14-34(33)53(43)23-26(3)27(4)24-54-39-35(52(8)44(54)48-42(59)37-20-29(6)50-56(37)10-2)21-31(40(46)57)22-38(39)60-25-30-15-17-32(45)18-16-30/h11-22H,9-10,23-25H2,1-8H3,(H2,46,57)/b27-26+,47-43?,48-44?. The van der Waals surface area contributed by atoms with Gasteiger partial charge in [0.2, 0.25) is 17.1 Å². The Bertz CT molecular complexity index is 3000. The highest BCUT2D eigenvalue weighted by molar-refractivity contribution is 5.99. The summed E-state index contributed by atoms with van der Waals surface area (Å²) in [6.07, 6.45) is 0. The molecule has 0 unspecified atom stereocenters. The number of rotatable bonds is 12. The minimum Gasteiger partial charge on any atom is -0.487 e. The number of aryl methyl sites for hydroxylation is 6. The Labute approximate surface area is 345 Å². The number of carbonyl (C=O) groups excluding carboxylic acids is 3. The fraction of sp³-hybridized carbons (Fsp3) is 0.295. The van der Waals surface area contributed by atoms with Gasteiger partial charge < -0.3 is 28.7 Å². The van der Waals surface area contributed by atoms with E-state index in [0.29, 0.717) is 70.3 Å². The fourth-order valence-corrected chi connectivity index (χ4v) is 7.41. The first-order chi connectivity index (χ1) is 28.7. The molecule has 0 saturated carbocycles. The van der Waals surface area contributed by atoms with Gasteiger partial charge in [-0.25, -0.2) is 4.39 Å². The van der Waals surface area contributed by atoms with E-state index in [1.807, 2.05) is 86.6 Å². The lowest BCUT2D eigenvalue weighted by Gasteiger charge is -2.15. The number of amides is 3. The van der Waals surface area contributed by atoms with Gasteiger partial charge in [-0.2, -0.15) is 20.2 Å². The van der Waals surface area contributed by atoms with Crippen LogP contribution in [0.5, 0.6) is 5.75 Å². The van der Waals surface area contributed by atoms with Crippen LogP contribution in [0.15, 0.2) is 93.9 Å². The lowest BCUT2D eigenvalue weighted by molar-refractivity contribution is 0.0977. The van der Waals surface area contributed by atoms with Crippen LogP contribution in [0.3, 0.4) is 0 Å². The lowest BCUT2D eigenvalue weighted by atomic mass is 10.1. The number of primary amides is 1. The normalized spacial score (nSPS) is 12.8. The van der Waals surface area contributed by atoms with E-state index < -0.39 is 17.7 Å². The van der Waals surface area contributed by atoms with Crippen molar-refractivity contribution in [2.24, 2.45) is 29.8 Å². The zero-order valence-corrected chi connectivity index (χ0v) is 35.0. The lowest BCUT2D eigenvalue weighted by Crippen LogP contribution is -2.28. The van der Waals surface area contributed by atoms with Gasteiger partial charge >= 0.3 is 0 Å². The summed E-state index contributed by atoms with van der Waals surface area (Å²) in [5.41, 5.74) is 14.4. The van der Waals surface area contributed by atoms with Crippen LogP contribution in [-0.4, -0.2) is 55.6 Å². The molecule has 4 heterocycles. The largest absolute Gasteiger partial charge is 0.487 e. The summed E-state index contributed by atoms with van der Waals surface area (Å²) >= 11 is 0. The Morgan fingerprint density at radius 3 is 1.78 bits per heavy atom. The Kier molecular flexibility index (Phi) is 11.4. The number of hydrogen-bond acceptors (Lipinski definition) is 6. The smallest absolute Gasteiger partial charge is 0.298 e. The molecule has 0 aliphatic rings. The zero-order valence-electron chi connectivity index (χ0n) is 35.0. The molecule has 3 aromatic carbocycles. The predicted molar refractivity (Wildman–Crippen MR) is 225 cm³/mol. The van der Waals surface area contributed by atoms with Gasteiger partial charge in [-0.05, 0) is 95.6 Å². The third kappa shape index (κ3) is 7.87.